The number of ether oxygens (including phenoxy) is 2. The summed E-state index contributed by atoms with van der Waals surface area (Å²) in [6.07, 6.45) is 0.332. The number of nitrogens with one attached hydrogen (secondary N) is 1. The molecule has 1 saturated heterocycles. The Kier molecular flexibility index (Phi) is 4.51. The lowest BCUT2D eigenvalue weighted by Crippen LogP contribution is -2.30. The van der Waals surface area contributed by atoms with E-state index in [4.69, 9.17) is 10.5 Å². The van der Waals surface area contributed by atoms with Gasteiger partial charge >= 0.3 is 0 Å². The maximum absolute atomic E-state index is 13.7. The van der Waals surface area contributed by atoms with Crippen molar-refractivity contribution in [2.75, 3.05) is 19.0 Å². The molecule has 2 atom stereocenters. The molecule has 0 aromatic heterocycles. The molecule has 1 aliphatic heterocycles. The third-order valence-electron chi connectivity index (χ3n) is 3.16. The zero-order valence-electron chi connectivity index (χ0n) is 11.0. The molecule has 0 spiro atoms. The number of anilines is 1. The van der Waals surface area contributed by atoms with Crippen molar-refractivity contribution in [3.8, 4) is 5.75 Å². The molecule has 5 nitrogen and oxygen atoms in total. The van der Waals surface area contributed by atoms with Gasteiger partial charge in [-0.15, -0.1) is 0 Å². The standard InChI is InChI=1S/C13H16F2N2O3/c1-19-12-5-8(14)10(4-9(12)15)17-13(18)11-3-2-7(6-16)20-11/h4-5,7,11H,2-3,6,16H2,1H3,(H,17,18)/t7-,11+/m1/s1. The Bertz CT molecular complexity index is 511. The summed E-state index contributed by atoms with van der Waals surface area (Å²) in [5.41, 5.74) is 5.20. The van der Waals surface area contributed by atoms with E-state index in [1.165, 1.54) is 7.11 Å². The number of methoxy groups -OCH3 is 1. The Labute approximate surface area is 115 Å². The molecule has 0 bridgehead atoms. The van der Waals surface area contributed by atoms with Crippen molar-refractivity contribution >= 4 is 11.6 Å². The van der Waals surface area contributed by atoms with Crippen molar-refractivity contribution in [2.45, 2.75) is 25.0 Å². The smallest absolute Gasteiger partial charge is 0.253 e. The number of amides is 1. The summed E-state index contributed by atoms with van der Waals surface area (Å²) in [5.74, 6) is -2.26. The van der Waals surface area contributed by atoms with Crippen LogP contribution >= 0.6 is 0 Å². The predicted octanol–water partition coefficient (Wildman–Crippen LogP) is 1.42. The van der Waals surface area contributed by atoms with Crippen LogP contribution in [0.5, 0.6) is 5.75 Å². The molecule has 0 radical (unpaired) electrons. The Balaban J connectivity index is 2.07. The Morgan fingerprint density at radius 3 is 2.80 bits per heavy atom. The van der Waals surface area contributed by atoms with Gasteiger partial charge in [0.15, 0.2) is 17.4 Å². The van der Waals surface area contributed by atoms with Crippen LogP contribution in [-0.2, 0) is 9.53 Å². The van der Waals surface area contributed by atoms with E-state index in [0.29, 0.717) is 19.4 Å². The summed E-state index contributed by atoms with van der Waals surface area (Å²) < 4.78 is 37.2. The lowest BCUT2D eigenvalue weighted by Gasteiger charge is -2.13. The number of hydrogen-bond donors (Lipinski definition) is 2. The van der Waals surface area contributed by atoms with Crippen LogP contribution in [0, 0.1) is 11.6 Å². The van der Waals surface area contributed by atoms with Crippen LogP contribution in [0.25, 0.3) is 0 Å². The van der Waals surface area contributed by atoms with Gasteiger partial charge < -0.3 is 20.5 Å². The van der Waals surface area contributed by atoms with Gasteiger partial charge in [-0.1, -0.05) is 0 Å². The van der Waals surface area contributed by atoms with E-state index in [2.05, 4.69) is 10.1 Å². The van der Waals surface area contributed by atoms with Crippen LogP contribution in [0.3, 0.4) is 0 Å². The number of rotatable bonds is 4. The first kappa shape index (κ1) is 14.7. The highest BCUT2D eigenvalue weighted by Crippen LogP contribution is 2.26. The third kappa shape index (κ3) is 3.05. The molecule has 3 N–H and O–H groups in total. The molecule has 7 heteroatoms. The average Bonchev–Trinajstić information content (AvgIpc) is 2.91. The van der Waals surface area contributed by atoms with Crippen molar-refractivity contribution in [3.63, 3.8) is 0 Å². The van der Waals surface area contributed by atoms with E-state index in [1.807, 2.05) is 0 Å². The van der Waals surface area contributed by atoms with E-state index in [0.717, 1.165) is 12.1 Å². The summed E-state index contributed by atoms with van der Waals surface area (Å²) in [7, 11) is 1.23. The van der Waals surface area contributed by atoms with Crippen LogP contribution in [0.2, 0.25) is 0 Å². The maximum Gasteiger partial charge on any atom is 0.253 e. The van der Waals surface area contributed by atoms with Gasteiger partial charge in [-0.25, -0.2) is 8.78 Å². The second-order valence-corrected chi connectivity index (χ2v) is 4.52. The first-order chi connectivity index (χ1) is 9.55. The monoisotopic (exact) mass is 286 g/mol. The fraction of sp³-hybridized carbons (Fsp3) is 0.462. The molecule has 2 rings (SSSR count). The summed E-state index contributed by atoms with van der Waals surface area (Å²) in [6, 6.07) is 1.75. The number of carbonyl (C=O) groups excluding carboxylic acids is 1. The zero-order chi connectivity index (χ0) is 14.7. The minimum atomic E-state index is -0.773. The molecule has 1 heterocycles. The van der Waals surface area contributed by atoms with Crippen molar-refractivity contribution in [1.82, 2.24) is 0 Å². The quantitative estimate of drug-likeness (QED) is 0.878. The minimum Gasteiger partial charge on any atom is -0.494 e. The van der Waals surface area contributed by atoms with Gasteiger partial charge in [-0.2, -0.15) is 0 Å². The number of hydrogen-bond acceptors (Lipinski definition) is 4. The molecule has 1 aromatic carbocycles. The van der Waals surface area contributed by atoms with Crippen molar-refractivity contribution < 1.29 is 23.0 Å². The fourth-order valence-corrected chi connectivity index (χ4v) is 2.07. The number of nitrogens with two attached hydrogens (primary N) is 1. The molecular formula is C13H16F2N2O3. The largest absolute Gasteiger partial charge is 0.494 e. The molecular weight excluding hydrogens is 270 g/mol. The molecule has 0 aliphatic carbocycles. The maximum atomic E-state index is 13.7. The third-order valence-corrected chi connectivity index (χ3v) is 3.16. The highest BCUT2D eigenvalue weighted by molar-refractivity contribution is 5.94. The molecule has 0 saturated carbocycles. The number of halogens is 2. The summed E-state index contributed by atoms with van der Waals surface area (Å²) >= 11 is 0. The molecule has 20 heavy (non-hydrogen) atoms. The SMILES string of the molecule is COc1cc(F)c(NC(=O)[C@@H]2CC[C@H](CN)O2)cc1F. The van der Waals surface area contributed by atoms with Gasteiger partial charge in [0.1, 0.15) is 6.10 Å². The van der Waals surface area contributed by atoms with Crippen molar-refractivity contribution in [3.05, 3.63) is 23.8 Å². The van der Waals surface area contributed by atoms with E-state index < -0.39 is 23.6 Å². The lowest BCUT2D eigenvalue weighted by molar-refractivity contribution is -0.126. The molecule has 0 unspecified atom stereocenters. The van der Waals surface area contributed by atoms with E-state index in [9.17, 15) is 13.6 Å². The normalized spacial score (nSPS) is 21.8. The summed E-state index contributed by atoms with van der Waals surface area (Å²) in [4.78, 5) is 11.9. The molecule has 110 valence electrons. The Morgan fingerprint density at radius 1 is 1.45 bits per heavy atom. The van der Waals surface area contributed by atoms with Gasteiger partial charge in [-0.3, -0.25) is 4.79 Å². The average molecular weight is 286 g/mol. The van der Waals surface area contributed by atoms with E-state index in [-0.39, 0.29) is 17.5 Å². The Morgan fingerprint density at radius 2 is 2.20 bits per heavy atom. The van der Waals surface area contributed by atoms with Crippen LogP contribution < -0.4 is 15.8 Å². The molecule has 1 fully saturated rings. The molecule has 1 aliphatic rings. The van der Waals surface area contributed by atoms with Gasteiger partial charge in [0.25, 0.3) is 5.91 Å². The van der Waals surface area contributed by atoms with Crippen molar-refractivity contribution in [2.24, 2.45) is 5.73 Å². The van der Waals surface area contributed by atoms with Crippen LogP contribution in [0.15, 0.2) is 12.1 Å². The first-order valence-corrected chi connectivity index (χ1v) is 6.24. The second-order valence-electron chi connectivity index (χ2n) is 4.52. The lowest BCUT2D eigenvalue weighted by atomic mass is 10.2. The highest BCUT2D eigenvalue weighted by atomic mass is 19.1. The predicted molar refractivity (Wildman–Crippen MR) is 68.5 cm³/mol. The number of benzene rings is 1. The molecule has 1 aromatic rings. The van der Waals surface area contributed by atoms with Crippen LogP contribution in [0.4, 0.5) is 14.5 Å². The van der Waals surface area contributed by atoms with Crippen LogP contribution in [-0.4, -0.2) is 31.8 Å². The Hall–Kier alpha value is -1.73. The zero-order valence-corrected chi connectivity index (χ0v) is 11.0. The molecule has 1 amide bonds. The van der Waals surface area contributed by atoms with Gasteiger partial charge in [0, 0.05) is 18.7 Å². The highest BCUT2D eigenvalue weighted by Gasteiger charge is 2.30. The fourth-order valence-electron chi connectivity index (χ4n) is 2.07. The van der Waals surface area contributed by atoms with Gasteiger partial charge in [0.2, 0.25) is 0 Å². The van der Waals surface area contributed by atoms with E-state index in [1.54, 1.807) is 0 Å². The van der Waals surface area contributed by atoms with Crippen molar-refractivity contribution in [1.29, 1.82) is 0 Å². The van der Waals surface area contributed by atoms with Gasteiger partial charge in [0.05, 0.1) is 18.9 Å². The van der Waals surface area contributed by atoms with Crippen LogP contribution in [0.1, 0.15) is 12.8 Å². The number of carbonyl (C=O) groups is 1. The topological polar surface area (TPSA) is 73.6 Å². The summed E-state index contributed by atoms with van der Waals surface area (Å²) in [5, 5.41) is 2.31. The first-order valence-electron chi connectivity index (χ1n) is 6.24. The van der Waals surface area contributed by atoms with Gasteiger partial charge in [-0.05, 0) is 12.8 Å². The summed E-state index contributed by atoms with van der Waals surface area (Å²) in [6.45, 7) is 0.329. The van der Waals surface area contributed by atoms with E-state index >= 15 is 0 Å². The second kappa shape index (κ2) is 6.15. The minimum absolute atomic E-state index is 0.164.